The van der Waals surface area contributed by atoms with Crippen LogP contribution in [0.2, 0.25) is 0 Å². The normalized spacial score (nSPS) is 15.5. The summed E-state index contributed by atoms with van der Waals surface area (Å²) < 4.78 is 5.91. The molecule has 24 heavy (non-hydrogen) atoms. The lowest BCUT2D eigenvalue weighted by Crippen LogP contribution is -2.27. The second-order valence-electron chi connectivity index (χ2n) is 4.89. The van der Waals surface area contributed by atoms with Gasteiger partial charge in [-0.25, -0.2) is 4.90 Å². The maximum atomic E-state index is 12.5. The zero-order chi connectivity index (χ0) is 17.3. The molecular weight excluding hydrogens is 392 g/mol. The highest BCUT2D eigenvalue weighted by Gasteiger charge is 2.34. The quantitative estimate of drug-likeness (QED) is 0.614. The van der Waals surface area contributed by atoms with Crippen LogP contribution in [-0.2, 0) is 9.53 Å². The van der Waals surface area contributed by atoms with Gasteiger partial charge in [0, 0.05) is 0 Å². The number of phenolic OH excluding ortho intramolecular Hbond substituents is 1. The number of hydrogen-bond acceptors (Lipinski definition) is 5. The van der Waals surface area contributed by atoms with Crippen LogP contribution in [0.4, 0.5) is 5.69 Å². The van der Waals surface area contributed by atoms with Crippen LogP contribution in [0.15, 0.2) is 52.7 Å². The Kier molecular flexibility index (Phi) is 4.34. The Bertz CT molecular complexity index is 916. The maximum Gasteiger partial charge on any atom is 0.301 e. The zero-order valence-electron chi connectivity index (χ0n) is 12.1. The highest BCUT2D eigenvalue weighted by atomic mass is 79.9. The van der Waals surface area contributed by atoms with Gasteiger partial charge >= 0.3 is 5.91 Å². The summed E-state index contributed by atoms with van der Waals surface area (Å²) in [6, 6.07) is 13.3. The van der Waals surface area contributed by atoms with Gasteiger partial charge in [-0.05, 0) is 76.2 Å². The molecule has 118 valence electrons. The van der Waals surface area contributed by atoms with E-state index in [9.17, 15) is 9.90 Å². The van der Waals surface area contributed by atoms with Crippen LogP contribution in [0.1, 0.15) is 11.1 Å². The van der Waals surface area contributed by atoms with Crippen LogP contribution >= 0.6 is 28.1 Å². The summed E-state index contributed by atoms with van der Waals surface area (Å²) in [6.07, 6.45) is 1.54. The van der Waals surface area contributed by atoms with Crippen molar-refractivity contribution in [3.8, 4) is 11.8 Å². The van der Waals surface area contributed by atoms with Crippen molar-refractivity contribution in [2.45, 2.75) is 0 Å². The van der Waals surface area contributed by atoms with E-state index in [4.69, 9.17) is 22.2 Å². The molecule has 1 amide bonds. The standard InChI is InChI=1S/C17H9BrN2O3S/c18-13-7-11(3-6-14(13)21)8-15-16(22)20(17(24)23-15)12-4-1-10(9-19)2-5-12/h1-8,21H/b15-8+. The molecule has 1 fully saturated rings. The molecule has 2 aromatic rings. The van der Waals surface area contributed by atoms with Crippen LogP contribution in [0, 0.1) is 11.3 Å². The smallest absolute Gasteiger partial charge is 0.301 e. The Morgan fingerprint density at radius 1 is 1.25 bits per heavy atom. The lowest BCUT2D eigenvalue weighted by Gasteiger charge is -2.11. The average molecular weight is 401 g/mol. The fourth-order valence-corrected chi connectivity index (χ4v) is 2.81. The number of benzene rings is 2. The van der Waals surface area contributed by atoms with E-state index in [0.717, 1.165) is 0 Å². The third-order valence-electron chi connectivity index (χ3n) is 3.32. The van der Waals surface area contributed by atoms with Gasteiger partial charge in [0.2, 0.25) is 0 Å². The number of carbonyl (C=O) groups excluding carboxylic acids is 1. The molecule has 0 aliphatic carbocycles. The Balaban J connectivity index is 1.92. The zero-order valence-corrected chi connectivity index (χ0v) is 14.5. The van der Waals surface area contributed by atoms with Gasteiger partial charge in [-0.1, -0.05) is 6.07 Å². The molecule has 5 nitrogen and oxygen atoms in total. The Morgan fingerprint density at radius 2 is 1.96 bits per heavy atom. The minimum atomic E-state index is -0.395. The highest BCUT2D eigenvalue weighted by molar-refractivity contribution is 9.10. The molecule has 0 unspecified atom stereocenters. The Morgan fingerprint density at radius 3 is 2.58 bits per heavy atom. The van der Waals surface area contributed by atoms with E-state index in [2.05, 4.69) is 15.9 Å². The minimum absolute atomic E-state index is 0.0220. The maximum absolute atomic E-state index is 12.5. The Labute approximate surface area is 151 Å². The second kappa shape index (κ2) is 6.43. The van der Waals surface area contributed by atoms with Crippen molar-refractivity contribution >= 4 is 51.0 Å². The first kappa shape index (κ1) is 16.2. The minimum Gasteiger partial charge on any atom is -0.507 e. The number of hydrogen-bond donors (Lipinski definition) is 1. The number of nitrogens with zero attached hydrogens (tertiary/aromatic N) is 2. The van der Waals surface area contributed by atoms with E-state index >= 15 is 0 Å². The summed E-state index contributed by atoms with van der Waals surface area (Å²) >= 11 is 8.35. The van der Waals surface area contributed by atoms with Gasteiger partial charge < -0.3 is 9.84 Å². The monoisotopic (exact) mass is 400 g/mol. The van der Waals surface area contributed by atoms with Crippen molar-refractivity contribution in [2.24, 2.45) is 0 Å². The highest BCUT2D eigenvalue weighted by Crippen LogP contribution is 2.29. The van der Waals surface area contributed by atoms with Gasteiger partial charge in [0.15, 0.2) is 5.76 Å². The van der Waals surface area contributed by atoms with E-state index in [1.54, 1.807) is 42.5 Å². The largest absolute Gasteiger partial charge is 0.507 e. The number of ether oxygens (including phenoxy) is 1. The number of amides is 1. The third kappa shape index (κ3) is 3.02. The molecule has 1 saturated heterocycles. The number of thiocarbonyl (C=S) groups is 1. The summed E-state index contributed by atoms with van der Waals surface area (Å²) in [7, 11) is 0. The molecule has 1 N–H and O–H groups in total. The lowest BCUT2D eigenvalue weighted by atomic mass is 10.2. The molecular formula is C17H9BrN2O3S. The topological polar surface area (TPSA) is 73.6 Å². The SMILES string of the molecule is N#Cc1ccc(N2C(=O)/C(=C\c3ccc(O)c(Br)c3)OC2=S)cc1. The first-order chi connectivity index (χ1) is 11.5. The molecule has 0 radical (unpaired) electrons. The van der Waals surface area contributed by atoms with Gasteiger partial charge in [0.25, 0.3) is 5.17 Å². The van der Waals surface area contributed by atoms with Crippen LogP contribution in [0.5, 0.6) is 5.75 Å². The van der Waals surface area contributed by atoms with Crippen LogP contribution < -0.4 is 4.90 Å². The Hall–Kier alpha value is -2.69. The number of halogens is 1. The summed E-state index contributed by atoms with van der Waals surface area (Å²) in [5.41, 5.74) is 1.69. The molecule has 1 aliphatic rings. The second-order valence-corrected chi connectivity index (χ2v) is 6.09. The predicted molar refractivity (Wildman–Crippen MR) is 96.1 cm³/mol. The molecule has 1 heterocycles. The van der Waals surface area contributed by atoms with Crippen molar-refractivity contribution in [1.82, 2.24) is 0 Å². The van der Waals surface area contributed by atoms with Crippen molar-refractivity contribution in [3.63, 3.8) is 0 Å². The van der Waals surface area contributed by atoms with Crippen molar-refractivity contribution in [3.05, 3.63) is 63.8 Å². The number of carbonyl (C=O) groups is 1. The number of anilines is 1. The van der Waals surface area contributed by atoms with Crippen molar-refractivity contribution in [1.29, 1.82) is 5.26 Å². The fraction of sp³-hybridized carbons (Fsp3) is 0. The lowest BCUT2D eigenvalue weighted by molar-refractivity contribution is -0.114. The molecule has 0 saturated carbocycles. The summed E-state index contributed by atoms with van der Waals surface area (Å²) in [4.78, 5) is 13.8. The van der Waals surface area contributed by atoms with Crippen molar-refractivity contribution in [2.75, 3.05) is 4.90 Å². The van der Waals surface area contributed by atoms with Crippen LogP contribution in [-0.4, -0.2) is 16.2 Å². The van der Waals surface area contributed by atoms with Gasteiger partial charge in [-0.3, -0.25) is 4.79 Å². The van der Waals surface area contributed by atoms with Gasteiger partial charge in [-0.15, -0.1) is 0 Å². The first-order valence-electron chi connectivity index (χ1n) is 6.76. The molecule has 1 aliphatic heterocycles. The molecule has 3 rings (SSSR count). The summed E-state index contributed by atoms with van der Waals surface area (Å²) in [6.45, 7) is 0. The van der Waals surface area contributed by atoms with E-state index in [0.29, 0.717) is 21.3 Å². The van der Waals surface area contributed by atoms with E-state index in [1.165, 1.54) is 11.0 Å². The van der Waals surface area contributed by atoms with E-state index < -0.39 is 5.91 Å². The van der Waals surface area contributed by atoms with Gasteiger partial charge in [0.05, 0.1) is 21.8 Å². The van der Waals surface area contributed by atoms with Crippen molar-refractivity contribution < 1.29 is 14.6 Å². The average Bonchev–Trinajstić information content (AvgIpc) is 2.85. The fourth-order valence-electron chi connectivity index (χ4n) is 2.14. The van der Waals surface area contributed by atoms with E-state index in [1.807, 2.05) is 6.07 Å². The van der Waals surface area contributed by atoms with E-state index in [-0.39, 0.29) is 16.7 Å². The molecule has 0 bridgehead atoms. The molecule has 0 atom stereocenters. The van der Waals surface area contributed by atoms with Crippen LogP contribution in [0.25, 0.3) is 6.08 Å². The summed E-state index contributed by atoms with van der Waals surface area (Å²) in [5, 5.41) is 18.4. The molecule has 0 aromatic heterocycles. The summed E-state index contributed by atoms with van der Waals surface area (Å²) in [5.74, 6) is -0.207. The number of nitriles is 1. The van der Waals surface area contributed by atoms with Gasteiger partial charge in [-0.2, -0.15) is 5.26 Å². The molecule has 2 aromatic carbocycles. The number of rotatable bonds is 2. The van der Waals surface area contributed by atoms with Crippen LogP contribution in [0.3, 0.4) is 0 Å². The predicted octanol–water partition coefficient (Wildman–Crippen LogP) is 3.72. The third-order valence-corrected chi connectivity index (χ3v) is 4.22. The molecule has 0 spiro atoms. The number of aromatic hydroxyl groups is 1. The first-order valence-corrected chi connectivity index (χ1v) is 7.96. The number of phenols is 1. The van der Waals surface area contributed by atoms with Gasteiger partial charge in [0.1, 0.15) is 5.75 Å². The molecule has 7 heteroatoms.